The van der Waals surface area contributed by atoms with Crippen molar-refractivity contribution in [2.45, 2.75) is 58.0 Å². The summed E-state index contributed by atoms with van der Waals surface area (Å²) in [5, 5.41) is 4.92. The van der Waals surface area contributed by atoms with Gasteiger partial charge in [-0.05, 0) is 57.6 Å². The second-order valence-corrected chi connectivity index (χ2v) is 10.3. The van der Waals surface area contributed by atoms with Crippen molar-refractivity contribution in [3.8, 4) is 23.7 Å². The molecule has 192 valence electrons. The highest BCUT2D eigenvalue weighted by Gasteiger charge is 2.47. The molecule has 3 rings (SSSR count). The number of benzene rings is 1. The molecule has 2 unspecified atom stereocenters. The molecule has 11 heteroatoms. The second-order valence-electron chi connectivity index (χ2n) is 9.48. The van der Waals surface area contributed by atoms with Gasteiger partial charge < -0.3 is 9.64 Å². The van der Waals surface area contributed by atoms with Gasteiger partial charge in [0.2, 0.25) is 0 Å². The monoisotopic (exact) mass is 540 g/mol. The van der Waals surface area contributed by atoms with E-state index in [9.17, 15) is 18.0 Å². The number of rotatable bonds is 6. The van der Waals surface area contributed by atoms with E-state index in [0.29, 0.717) is 33.4 Å². The number of carbonyl (C=O) groups is 1. The normalized spacial score (nSPS) is 19.7. The molecule has 1 aliphatic heterocycles. The van der Waals surface area contributed by atoms with Crippen LogP contribution in [0.15, 0.2) is 30.9 Å². The lowest BCUT2D eigenvalue weighted by atomic mass is 9.90. The SMILES string of the molecule is CC(C)(C)C#CC#CCN(CC1CCC(Cn2cncn2)(c2ccc(Cl)cc2Cl)O1)C(=O)C(F)(F)F. The molecule has 1 aromatic carbocycles. The molecule has 36 heavy (non-hydrogen) atoms. The summed E-state index contributed by atoms with van der Waals surface area (Å²) in [5.74, 6) is 8.60. The molecule has 0 aliphatic carbocycles. The van der Waals surface area contributed by atoms with Crippen molar-refractivity contribution in [2.24, 2.45) is 5.41 Å². The summed E-state index contributed by atoms with van der Waals surface area (Å²) < 4.78 is 47.8. The van der Waals surface area contributed by atoms with Crippen LogP contribution in [0.4, 0.5) is 13.2 Å². The zero-order valence-electron chi connectivity index (χ0n) is 20.0. The molecule has 1 aromatic heterocycles. The summed E-state index contributed by atoms with van der Waals surface area (Å²) >= 11 is 12.5. The Morgan fingerprint density at radius 3 is 2.64 bits per heavy atom. The first-order chi connectivity index (χ1) is 16.8. The summed E-state index contributed by atoms with van der Waals surface area (Å²) in [6.45, 7) is 5.14. The average molecular weight is 541 g/mol. The van der Waals surface area contributed by atoms with Crippen LogP contribution in [0.25, 0.3) is 0 Å². The molecular formula is C25H25Cl2F3N4O2. The van der Waals surface area contributed by atoms with Gasteiger partial charge in [-0.25, -0.2) is 9.67 Å². The van der Waals surface area contributed by atoms with Crippen LogP contribution in [-0.2, 0) is 21.7 Å². The molecule has 0 spiro atoms. The standard InChI is InChI=1S/C25H25Cl2F3N4O2/c1-23(2,3)10-5-4-6-12-33(22(35)25(28,29)30)14-19-9-11-24(36-19,15-34-17-31-16-32-34)20-8-7-18(26)13-21(20)27/h7-8,13,16-17,19H,9,11-12,14-15H2,1-3H3. The van der Waals surface area contributed by atoms with Gasteiger partial charge in [0.1, 0.15) is 18.3 Å². The van der Waals surface area contributed by atoms with Crippen LogP contribution in [0.1, 0.15) is 39.2 Å². The molecule has 1 amide bonds. The number of nitrogens with zero attached hydrogens (tertiary/aromatic N) is 4. The lowest BCUT2D eigenvalue weighted by Crippen LogP contribution is -2.45. The number of aromatic nitrogens is 3. The predicted octanol–water partition coefficient (Wildman–Crippen LogP) is 5.10. The van der Waals surface area contributed by atoms with E-state index < -0.39 is 30.3 Å². The van der Waals surface area contributed by atoms with E-state index in [1.165, 1.54) is 12.7 Å². The fourth-order valence-electron chi connectivity index (χ4n) is 3.84. The van der Waals surface area contributed by atoms with Crippen LogP contribution in [0.5, 0.6) is 0 Å². The van der Waals surface area contributed by atoms with Crippen molar-refractivity contribution in [2.75, 3.05) is 13.1 Å². The van der Waals surface area contributed by atoms with E-state index in [4.69, 9.17) is 27.9 Å². The average Bonchev–Trinajstić information content (AvgIpc) is 3.41. The largest absolute Gasteiger partial charge is 0.471 e. The molecule has 6 nitrogen and oxygen atoms in total. The molecule has 2 heterocycles. The first-order valence-electron chi connectivity index (χ1n) is 11.1. The first kappa shape index (κ1) is 27.9. The summed E-state index contributed by atoms with van der Waals surface area (Å²) in [6, 6.07) is 4.96. The lowest BCUT2D eigenvalue weighted by Gasteiger charge is -2.32. The molecule has 0 radical (unpaired) electrons. The molecule has 2 aromatic rings. The molecule has 0 bridgehead atoms. The highest BCUT2D eigenvalue weighted by Crippen LogP contribution is 2.44. The molecule has 0 saturated carbocycles. The van der Waals surface area contributed by atoms with Crippen LogP contribution < -0.4 is 0 Å². The highest BCUT2D eigenvalue weighted by atomic mass is 35.5. The number of ether oxygens (including phenoxy) is 1. The highest BCUT2D eigenvalue weighted by molar-refractivity contribution is 6.35. The molecule has 2 atom stereocenters. The first-order valence-corrected chi connectivity index (χ1v) is 11.9. The van der Waals surface area contributed by atoms with Gasteiger partial charge in [-0.3, -0.25) is 4.79 Å². The van der Waals surface area contributed by atoms with E-state index in [0.717, 1.165) is 0 Å². The van der Waals surface area contributed by atoms with Crippen LogP contribution in [-0.4, -0.2) is 50.9 Å². The minimum atomic E-state index is -5.05. The minimum absolute atomic E-state index is 0.222. The fourth-order valence-corrected chi connectivity index (χ4v) is 4.42. The zero-order valence-corrected chi connectivity index (χ0v) is 21.5. The van der Waals surface area contributed by atoms with Gasteiger partial charge in [0, 0.05) is 27.6 Å². The Hall–Kier alpha value is -2.72. The number of alkyl halides is 3. The number of hydrogen-bond donors (Lipinski definition) is 0. The van der Waals surface area contributed by atoms with Crippen molar-refractivity contribution in [1.29, 1.82) is 0 Å². The molecule has 1 fully saturated rings. The van der Waals surface area contributed by atoms with Crippen LogP contribution >= 0.6 is 23.2 Å². The van der Waals surface area contributed by atoms with Crippen molar-refractivity contribution >= 4 is 29.1 Å². The third kappa shape index (κ3) is 7.39. The summed E-state index contributed by atoms with van der Waals surface area (Å²) in [6.07, 6.45) is -2.06. The molecular weight excluding hydrogens is 516 g/mol. The Morgan fingerprint density at radius 1 is 1.28 bits per heavy atom. The topological polar surface area (TPSA) is 60.3 Å². The number of hydrogen-bond acceptors (Lipinski definition) is 4. The molecule has 0 N–H and O–H groups in total. The Kier molecular flexibility index (Phi) is 8.61. The van der Waals surface area contributed by atoms with Crippen molar-refractivity contribution in [3.63, 3.8) is 0 Å². The van der Waals surface area contributed by atoms with Gasteiger partial charge in [-0.15, -0.1) is 0 Å². The summed E-state index contributed by atoms with van der Waals surface area (Å²) in [5.41, 5.74) is -0.682. The molecule has 1 saturated heterocycles. The molecule has 1 aliphatic rings. The fraction of sp³-hybridized carbons (Fsp3) is 0.480. The minimum Gasteiger partial charge on any atom is -0.363 e. The predicted molar refractivity (Wildman–Crippen MR) is 130 cm³/mol. The van der Waals surface area contributed by atoms with E-state index in [-0.39, 0.29) is 18.5 Å². The number of halogens is 5. The Morgan fingerprint density at radius 2 is 2.03 bits per heavy atom. The van der Waals surface area contributed by atoms with E-state index in [2.05, 4.69) is 33.8 Å². The second kappa shape index (κ2) is 11.1. The Labute approximate surface area is 218 Å². The smallest absolute Gasteiger partial charge is 0.363 e. The number of amides is 1. The van der Waals surface area contributed by atoms with Gasteiger partial charge in [0.15, 0.2) is 0 Å². The van der Waals surface area contributed by atoms with Gasteiger partial charge in [0.25, 0.3) is 0 Å². The van der Waals surface area contributed by atoms with Gasteiger partial charge in [-0.1, -0.05) is 41.1 Å². The number of carbonyl (C=O) groups excluding carboxylic acids is 1. The zero-order chi connectivity index (χ0) is 26.6. The van der Waals surface area contributed by atoms with E-state index in [1.54, 1.807) is 22.9 Å². The third-order valence-electron chi connectivity index (χ3n) is 5.38. The van der Waals surface area contributed by atoms with Crippen molar-refractivity contribution in [3.05, 3.63) is 46.5 Å². The Bertz CT molecular complexity index is 1200. The van der Waals surface area contributed by atoms with Crippen LogP contribution in [0.3, 0.4) is 0 Å². The lowest BCUT2D eigenvalue weighted by molar-refractivity contribution is -0.186. The third-order valence-corrected chi connectivity index (χ3v) is 5.93. The maximum Gasteiger partial charge on any atom is 0.471 e. The van der Waals surface area contributed by atoms with Crippen molar-refractivity contribution < 1.29 is 22.7 Å². The quantitative estimate of drug-likeness (QED) is 0.478. The Balaban J connectivity index is 1.84. The maximum absolute atomic E-state index is 13.3. The van der Waals surface area contributed by atoms with Gasteiger partial charge >= 0.3 is 12.1 Å². The summed E-state index contributed by atoms with van der Waals surface area (Å²) in [7, 11) is 0. The van der Waals surface area contributed by atoms with Crippen LogP contribution in [0.2, 0.25) is 10.0 Å². The van der Waals surface area contributed by atoms with Gasteiger partial charge in [-0.2, -0.15) is 18.3 Å². The van der Waals surface area contributed by atoms with Crippen LogP contribution in [0, 0.1) is 29.1 Å². The maximum atomic E-state index is 13.3. The van der Waals surface area contributed by atoms with E-state index in [1.807, 2.05) is 20.8 Å². The summed E-state index contributed by atoms with van der Waals surface area (Å²) in [4.78, 5) is 16.7. The van der Waals surface area contributed by atoms with E-state index >= 15 is 0 Å². The van der Waals surface area contributed by atoms with Crippen molar-refractivity contribution in [1.82, 2.24) is 19.7 Å². The van der Waals surface area contributed by atoms with Gasteiger partial charge in [0.05, 0.1) is 19.2 Å².